The predicted octanol–water partition coefficient (Wildman–Crippen LogP) is 2.41. The Balaban J connectivity index is 2.95. The molecule has 0 bridgehead atoms. The maximum absolute atomic E-state index is 5.63. The van der Waals surface area contributed by atoms with Crippen molar-refractivity contribution >= 4 is 0 Å². The number of hydrogen-bond acceptors (Lipinski definition) is 1. The molecule has 0 atom stereocenters. The molecule has 0 saturated carbocycles. The summed E-state index contributed by atoms with van der Waals surface area (Å²) in [6, 6.07) is 6.51. The summed E-state index contributed by atoms with van der Waals surface area (Å²) in [6.45, 7) is 4.98. The van der Waals surface area contributed by atoms with Crippen LogP contribution in [0.2, 0.25) is 0 Å². The molecule has 1 nitrogen and oxygen atoms in total. The van der Waals surface area contributed by atoms with E-state index >= 15 is 0 Å². The minimum atomic E-state index is 0.662. The van der Waals surface area contributed by atoms with Crippen molar-refractivity contribution in [3.8, 4) is 0 Å². The van der Waals surface area contributed by atoms with Gasteiger partial charge < -0.3 is 5.73 Å². The number of nitrogens with two attached hydrogens (primary N) is 1. The third kappa shape index (κ3) is 2.08. The molecule has 0 amide bonds. The van der Waals surface area contributed by atoms with Gasteiger partial charge in [0.25, 0.3) is 0 Å². The molecule has 0 spiro atoms. The zero-order valence-corrected chi connectivity index (χ0v) is 7.93. The maximum Gasteiger partial charge on any atom is 0.0180 e. The van der Waals surface area contributed by atoms with Gasteiger partial charge in [-0.3, -0.25) is 0 Å². The second-order valence-corrected chi connectivity index (χ2v) is 3.23. The molecule has 0 aromatic heterocycles. The predicted molar refractivity (Wildman–Crippen MR) is 53.1 cm³/mol. The highest BCUT2D eigenvalue weighted by Crippen LogP contribution is 2.12. The highest BCUT2D eigenvalue weighted by Gasteiger charge is 1.99. The van der Waals surface area contributed by atoms with Crippen LogP contribution in [0.1, 0.15) is 30.0 Å². The molecule has 0 aliphatic carbocycles. The van der Waals surface area contributed by atoms with Crippen LogP contribution in [0.25, 0.3) is 0 Å². The molecule has 12 heavy (non-hydrogen) atoms. The number of benzene rings is 1. The van der Waals surface area contributed by atoms with Crippen LogP contribution in [0.15, 0.2) is 18.2 Å². The lowest BCUT2D eigenvalue weighted by atomic mass is 10.0. The van der Waals surface area contributed by atoms with Crippen LogP contribution in [0.3, 0.4) is 0 Å². The van der Waals surface area contributed by atoms with E-state index in [1.54, 1.807) is 0 Å². The van der Waals surface area contributed by atoms with Crippen molar-refractivity contribution < 1.29 is 0 Å². The zero-order valence-electron chi connectivity index (χ0n) is 7.93. The summed E-state index contributed by atoms with van der Waals surface area (Å²) in [6.07, 6.45) is 2.34. The van der Waals surface area contributed by atoms with Crippen LogP contribution in [-0.4, -0.2) is 0 Å². The minimum Gasteiger partial charge on any atom is -0.326 e. The lowest BCUT2D eigenvalue weighted by Gasteiger charge is -2.07. The van der Waals surface area contributed by atoms with Crippen LogP contribution in [0.4, 0.5) is 0 Å². The van der Waals surface area contributed by atoms with E-state index in [1.807, 2.05) is 0 Å². The Morgan fingerprint density at radius 1 is 1.25 bits per heavy atom. The van der Waals surface area contributed by atoms with E-state index in [2.05, 4.69) is 32.0 Å². The molecule has 0 radical (unpaired) electrons. The highest BCUT2D eigenvalue weighted by atomic mass is 14.5. The van der Waals surface area contributed by atoms with Gasteiger partial charge in [0.15, 0.2) is 0 Å². The SMILES string of the molecule is CCCc1cc(C)ccc1CN. The first-order valence-electron chi connectivity index (χ1n) is 4.56. The van der Waals surface area contributed by atoms with Gasteiger partial charge in [-0.1, -0.05) is 37.1 Å². The van der Waals surface area contributed by atoms with Gasteiger partial charge in [-0.2, -0.15) is 0 Å². The first kappa shape index (κ1) is 9.27. The molecule has 66 valence electrons. The Kier molecular flexibility index (Phi) is 3.30. The van der Waals surface area contributed by atoms with E-state index in [0.717, 1.165) is 6.42 Å². The topological polar surface area (TPSA) is 26.0 Å². The van der Waals surface area contributed by atoms with Crippen LogP contribution >= 0.6 is 0 Å². The fourth-order valence-electron chi connectivity index (χ4n) is 1.46. The van der Waals surface area contributed by atoms with Crippen LogP contribution in [0.5, 0.6) is 0 Å². The van der Waals surface area contributed by atoms with E-state index in [-0.39, 0.29) is 0 Å². The molecule has 1 rings (SSSR count). The van der Waals surface area contributed by atoms with Gasteiger partial charge in [0.1, 0.15) is 0 Å². The molecular weight excluding hydrogens is 146 g/mol. The van der Waals surface area contributed by atoms with E-state index < -0.39 is 0 Å². The number of aryl methyl sites for hydroxylation is 2. The van der Waals surface area contributed by atoms with Gasteiger partial charge >= 0.3 is 0 Å². The standard InChI is InChI=1S/C11H17N/c1-3-4-10-7-9(2)5-6-11(10)8-12/h5-7H,3-4,8,12H2,1-2H3. The van der Waals surface area contributed by atoms with E-state index in [4.69, 9.17) is 5.73 Å². The van der Waals surface area contributed by atoms with Crippen LogP contribution < -0.4 is 5.73 Å². The number of hydrogen-bond donors (Lipinski definition) is 1. The fourth-order valence-corrected chi connectivity index (χ4v) is 1.46. The van der Waals surface area contributed by atoms with Crippen LogP contribution in [0, 0.1) is 6.92 Å². The monoisotopic (exact) mass is 163 g/mol. The quantitative estimate of drug-likeness (QED) is 0.727. The largest absolute Gasteiger partial charge is 0.326 e. The van der Waals surface area contributed by atoms with Crippen molar-refractivity contribution in [3.63, 3.8) is 0 Å². The summed E-state index contributed by atoms with van der Waals surface area (Å²) in [7, 11) is 0. The van der Waals surface area contributed by atoms with Crippen molar-refractivity contribution in [1.82, 2.24) is 0 Å². The Bertz CT molecular complexity index is 253. The Morgan fingerprint density at radius 3 is 2.58 bits per heavy atom. The zero-order chi connectivity index (χ0) is 8.97. The van der Waals surface area contributed by atoms with Gasteiger partial charge in [-0.15, -0.1) is 0 Å². The van der Waals surface area contributed by atoms with Gasteiger partial charge in [0.2, 0.25) is 0 Å². The molecule has 0 aliphatic rings. The second-order valence-electron chi connectivity index (χ2n) is 3.23. The molecule has 0 fully saturated rings. The first-order chi connectivity index (χ1) is 5.77. The molecule has 0 unspecified atom stereocenters. The average Bonchev–Trinajstić information content (AvgIpc) is 2.05. The molecular formula is C11H17N. The summed E-state index contributed by atoms with van der Waals surface area (Å²) in [5.41, 5.74) is 9.67. The maximum atomic E-state index is 5.63. The van der Waals surface area contributed by atoms with E-state index in [0.29, 0.717) is 6.54 Å². The average molecular weight is 163 g/mol. The van der Waals surface area contributed by atoms with E-state index in [9.17, 15) is 0 Å². The summed E-state index contributed by atoms with van der Waals surface area (Å²) >= 11 is 0. The van der Waals surface area contributed by atoms with Crippen molar-refractivity contribution in [2.75, 3.05) is 0 Å². The van der Waals surface area contributed by atoms with Gasteiger partial charge in [0.05, 0.1) is 0 Å². The Labute approximate surface area is 74.6 Å². The summed E-state index contributed by atoms with van der Waals surface area (Å²) in [5, 5.41) is 0. The molecule has 1 heteroatoms. The van der Waals surface area contributed by atoms with Crippen LogP contribution in [-0.2, 0) is 13.0 Å². The summed E-state index contributed by atoms with van der Waals surface area (Å²) in [4.78, 5) is 0. The van der Waals surface area contributed by atoms with Gasteiger partial charge in [-0.05, 0) is 24.5 Å². The van der Waals surface area contributed by atoms with Crippen molar-refractivity contribution in [2.45, 2.75) is 33.2 Å². The first-order valence-corrected chi connectivity index (χ1v) is 4.56. The fraction of sp³-hybridized carbons (Fsp3) is 0.455. The smallest absolute Gasteiger partial charge is 0.0180 e. The molecule has 0 heterocycles. The minimum absolute atomic E-state index is 0.662. The normalized spacial score (nSPS) is 10.2. The molecule has 2 N–H and O–H groups in total. The third-order valence-electron chi connectivity index (χ3n) is 2.10. The van der Waals surface area contributed by atoms with Gasteiger partial charge in [0, 0.05) is 6.54 Å². The van der Waals surface area contributed by atoms with E-state index in [1.165, 1.54) is 23.1 Å². The highest BCUT2D eigenvalue weighted by molar-refractivity contribution is 5.31. The molecule has 1 aromatic carbocycles. The van der Waals surface area contributed by atoms with Crippen molar-refractivity contribution in [1.29, 1.82) is 0 Å². The third-order valence-corrected chi connectivity index (χ3v) is 2.10. The molecule has 0 saturated heterocycles. The Hall–Kier alpha value is -0.820. The van der Waals surface area contributed by atoms with Crippen molar-refractivity contribution in [3.05, 3.63) is 34.9 Å². The second kappa shape index (κ2) is 4.27. The lowest BCUT2D eigenvalue weighted by molar-refractivity contribution is 0.891. The van der Waals surface area contributed by atoms with Crippen molar-refractivity contribution in [2.24, 2.45) is 5.73 Å². The van der Waals surface area contributed by atoms with Gasteiger partial charge in [-0.25, -0.2) is 0 Å². The summed E-state index contributed by atoms with van der Waals surface area (Å²) < 4.78 is 0. The molecule has 0 aliphatic heterocycles. The number of rotatable bonds is 3. The Morgan fingerprint density at radius 2 is 2.00 bits per heavy atom. The lowest BCUT2D eigenvalue weighted by Crippen LogP contribution is -2.01. The summed E-state index contributed by atoms with van der Waals surface area (Å²) in [5.74, 6) is 0. The molecule has 1 aromatic rings.